The van der Waals surface area contributed by atoms with E-state index in [1.54, 1.807) is 0 Å². The fourth-order valence-electron chi connectivity index (χ4n) is 5.69. The lowest BCUT2D eigenvalue weighted by molar-refractivity contribution is 0.0769. The van der Waals surface area contributed by atoms with Crippen LogP contribution in [0.25, 0.3) is 11.0 Å². The highest BCUT2D eigenvalue weighted by atomic mass is 16.1. The molecule has 0 saturated carbocycles. The van der Waals surface area contributed by atoms with Gasteiger partial charge in [-0.3, -0.25) is 9.47 Å². The molecule has 5 heteroatoms. The van der Waals surface area contributed by atoms with Crippen molar-refractivity contribution in [2.45, 2.75) is 57.7 Å². The molecule has 5 nitrogen and oxygen atoms in total. The van der Waals surface area contributed by atoms with Crippen LogP contribution in [0.1, 0.15) is 49.8 Å². The van der Waals surface area contributed by atoms with E-state index in [1.165, 1.54) is 37.1 Å². The number of nitrogens with zero attached hydrogens (tertiary/aromatic N) is 3. The number of likely N-dealkylation sites (tertiary alicyclic amines) is 2. The van der Waals surface area contributed by atoms with E-state index in [4.69, 9.17) is 0 Å². The highest BCUT2D eigenvalue weighted by molar-refractivity contribution is 5.75. The van der Waals surface area contributed by atoms with Crippen molar-refractivity contribution in [3.8, 4) is 0 Å². The quantitative estimate of drug-likeness (QED) is 0.676. The van der Waals surface area contributed by atoms with E-state index in [0.717, 1.165) is 49.9 Å². The van der Waals surface area contributed by atoms with Crippen LogP contribution in [0.4, 0.5) is 0 Å². The van der Waals surface area contributed by atoms with E-state index in [1.807, 2.05) is 22.8 Å². The summed E-state index contributed by atoms with van der Waals surface area (Å²) in [5, 5.41) is 0. The Hall–Kier alpha value is -2.37. The SMILES string of the molecule is CCc1ccccc1CN1CCC(N2CCC(n3c(=O)[nH]c4ccccc43)CC2)CC1. The highest BCUT2D eigenvalue weighted by Crippen LogP contribution is 2.28. The Morgan fingerprint density at radius 3 is 2.23 bits per heavy atom. The summed E-state index contributed by atoms with van der Waals surface area (Å²) in [4.78, 5) is 20.9. The van der Waals surface area contributed by atoms with Crippen LogP contribution in [0.5, 0.6) is 0 Å². The molecule has 31 heavy (non-hydrogen) atoms. The fourth-order valence-corrected chi connectivity index (χ4v) is 5.69. The van der Waals surface area contributed by atoms with E-state index in [-0.39, 0.29) is 5.69 Å². The summed E-state index contributed by atoms with van der Waals surface area (Å²) >= 11 is 0. The van der Waals surface area contributed by atoms with Crippen LogP contribution in [0.3, 0.4) is 0 Å². The van der Waals surface area contributed by atoms with Crippen molar-refractivity contribution in [1.29, 1.82) is 0 Å². The van der Waals surface area contributed by atoms with Crippen molar-refractivity contribution in [2.24, 2.45) is 0 Å². The second kappa shape index (κ2) is 9.01. The third-order valence-corrected chi connectivity index (χ3v) is 7.45. The molecule has 3 aromatic rings. The Morgan fingerprint density at radius 1 is 0.839 bits per heavy atom. The lowest BCUT2D eigenvalue weighted by atomic mass is 9.97. The number of H-pyrrole nitrogens is 1. The first-order valence-corrected chi connectivity index (χ1v) is 12.0. The molecule has 3 heterocycles. The van der Waals surface area contributed by atoms with Crippen LogP contribution in [0.2, 0.25) is 0 Å². The number of nitrogens with one attached hydrogen (secondary N) is 1. The third kappa shape index (κ3) is 4.21. The molecule has 1 aromatic heterocycles. The van der Waals surface area contributed by atoms with Gasteiger partial charge >= 0.3 is 5.69 Å². The molecule has 2 fully saturated rings. The predicted molar refractivity (Wildman–Crippen MR) is 127 cm³/mol. The molecular weight excluding hydrogens is 384 g/mol. The number of hydrogen-bond acceptors (Lipinski definition) is 3. The average Bonchev–Trinajstić information content (AvgIpc) is 3.16. The van der Waals surface area contributed by atoms with Crippen molar-refractivity contribution >= 4 is 11.0 Å². The Kier molecular flexibility index (Phi) is 5.97. The Bertz CT molecular complexity index is 1070. The normalized spacial score (nSPS) is 19.9. The van der Waals surface area contributed by atoms with Gasteiger partial charge in [-0.25, -0.2) is 4.79 Å². The third-order valence-electron chi connectivity index (χ3n) is 7.45. The first-order chi connectivity index (χ1) is 15.2. The highest BCUT2D eigenvalue weighted by Gasteiger charge is 2.30. The van der Waals surface area contributed by atoms with Crippen molar-refractivity contribution in [3.63, 3.8) is 0 Å². The first-order valence-electron chi connectivity index (χ1n) is 12.0. The molecule has 2 aliphatic heterocycles. The number of fused-ring (bicyclic) bond motifs is 1. The number of aryl methyl sites for hydroxylation is 1. The number of aromatic nitrogens is 2. The molecule has 2 aromatic carbocycles. The van der Waals surface area contributed by atoms with Gasteiger partial charge in [0, 0.05) is 31.7 Å². The van der Waals surface area contributed by atoms with Gasteiger partial charge in [0.25, 0.3) is 0 Å². The van der Waals surface area contributed by atoms with E-state index in [2.05, 4.69) is 52.0 Å². The van der Waals surface area contributed by atoms with Gasteiger partial charge in [0.1, 0.15) is 0 Å². The summed E-state index contributed by atoms with van der Waals surface area (Å²) < 4.78 is 2.00. The molecule has 1 N–H and O–H groups in total. The molecule has 0 bridgehead atoms. The standard InChI is InChI=1S/C26H34N4O/c1-2-20-7-3-4-8-21(20)19-28-15-11-22(12-16-28)29-17-13-23(14-18-29)30-25-10-6-5-9-24(25)27-26(30)31/h3-10,22-23H,2,11-19H2,1H3,(H,27,31). The summed E-state index contributed by atoms with van der Waals surface area (Å²) in [6.45, 7) is 7.90. The summed E-state index contributed by atoms with van der Waals surface area (Å²) in [6.07, 6.45) is 5.75. The van der Waals surface area contributed by atoms with E-state index in [9.17, 15) is 4.79 Å². The van der Waals surface area contributed by atoms with Crippen molar-refractivity contribution in [2.75, 3.05) is 26.2 Å². The van der Waals surface area contributed by atoms with Gasteiger partial charge in [-0.05, 0) is 68.5 Å². The largest absolute Gasteiger partial charge is 0.326 e. The minimum absolute atomic E-state index is 0.0420. The zero-order chi connectivity index (χ0) is 21.2. The van der Waals surface area contributed by atoms with Crippen LogP contribution < -0.4 is 5.69 Å². The maximum atomic E-state index is 12.5. The topological polar surface area (TPSA) is 44.3 Å². The Balaban J connectivity index is 1.16. The zero-order valence-electron chi connectivity index (χ0n) is 18.6. The maximum Gasteiger partial charge on any atom is 0.326 e. The molecule has 5 rings (SSSR count). The zero-order valence-corrected chi connectivity index (χ0v) is 18.6. The summed E-state index contributed by atoms with van der Waals surface area (Å²) in [7, 11) is 0. The first kappa shape index (κ1) is 20.5. The van der Waals surface area contributed by atoms with Gasteiger partial charge in [-0.1, -0.05) is 43.3 Å². The van der Waals surface area contributed by atoms with Crippen LogP contribution in [-0.2, 0) is 13.0 Å². The maximum absolute atomic E-state index is 12.5. The molecule has 0 aliphatic carbocycles. The van der Waals surface area contributed by atoms with Gasteiger partial charge in [0.2, 0.25) is 0 Å². The van der Waals surface area contributed by atoms with Gasteiger partial charge in [0.05, 0.1) is 11.0 Å². The van der Waals surface area contributed by atoms with Crippen molar-refractivity contribution in [1.82, 2.24) is 19.4 Å². The van der Waals surface area contributed by atoms with E-state index in [0.29, 0.717) is 12.1 Å². The molecule has 0 unspecified atom stereocenters. The molecule has 2 saturated heterocycles. The van der Waals surface area contributed by atoms with Crippen LogP contribution >= 0.6 is 0 Å². The molecule has 2 aliphatic rings. The molecule has 0 radical (unpaired) electrons. The summed E-state index contributed by atoms with van der Waals surface area (Å²) in [5.74, 6) is 0. The molecule has 0 spiro atoms. The van der Waals surface area contributed by atoms with Crippen LogP contribution in [0, 0.1) is 0 Å². The Labute approximate surface area is 184 Å². The summed E-state index contributed by atoms with van der Waals surface area (Å²) in [5.41, 5.74) is 5.02. The van der Waals surface area contributed by atoms with Gasteiger partial charge in [-0.15, -0.1) is 0 Å². The van der Waals surface area contributed by atoms with Crippen molar-refractivity contribution < 1.29 is 0 Å². The van der Waals surface area contributed by atoms with Gasteiger partial charge in [0.15, 0.2) is 0 Å². The van der Waals surface area contributed by atoms with E-state index < -0.39 is 0 Å². The number of rotatable bonds is 5. The monoisotopic (exact) mass is 418 g/mol. The summed E-state index contributed by atoms with van der Waals surface area (Å²) in [6, 6.07) is 18.0. The van der Waals surface area contributed by atoms with Gasteiger partial charge in [-0.2, -0.15) is 0 Å². The molecule has 0 atom stereocenters. The second-order valence-electron chi connectivity index (χ2n) is 9.21. The molecule has 164 valence electrons. The van der Waals surface area contributed by atoms with Crippen LogP contribution in [0.15, 0.2) is 53.3 Å². The number of aromatic amines is 1. The second-order valence-corrected chi connectivity index (χ2v) is 9.21. The lowest BCUT2D eigenvalue weighted by Gasteiger charge is -2.42. The lowest BCUT2D eigenvalue weighted by Crippen LogP contribution is -2.48. The Morgan fingerprint density at radius 2 is 1.48 bits per heavy atom. The number of hydrogen-bond donors (Lipinski definition) is 1. The predicted octanol–water partition coefficient (Wildman–Crippen LogP) is 4.19. The average molecular weight is 419 g/mol. The minimum atomic E-state index is 0.0420. The number of benzene rings is 2. The molecular formula is C26H34N4O. The van der Waals surface area contributed by atoms with Crippen LogP contribution in [-0.4, -0.2) is 51.6 Å². The minimum Gasteiger partial charge on any atom is -0.306 e. The fraction of sp³-hybridized carbons (Fsp3) is 0.500. The number of para-hydroxylation sites is 2. The molecule has 0 amide bonds. The number of piperidine rings is 2. The van der Waals surface area contributed by atoms with Crippen molar-refractivity contribution in [3.05, 3.63) is 70.1 Å². The smallest absolute Gasteiger partial charge is 0.306 e. The number of imidazole rings is 1. The van der Waals surface area contributed by atoms with E-state index >= 15 is 0 Å². The van der Waals surface area contributed by atoms with Gasteiger partial charge < -0.3 is 9.88 Å².